The molecule has 6 heteroatoms. The standard InChI is InChI=1S/C22H23N3O3/c1-16(2)28-19-11-9-17(15-20(19)27-3)10-12-22(26)23-21-13-14-25(24-21)18-7-5-4-6-8-18/h4-16H,1-3H3,(H,23,24,26)/b12-10+. The molecule has 0 aliphatic carbocycles. The molecule has 3 aromatic rings. The predicted molar refractivity (Wildman–Crippen MR) is 110 cm³/mol. The molecule has 3 rings (SSSR count). The van der Waals surface area contributed by atoms with Gasteiger partial charge in [-0.25, -0.2) is 4.68 Å². The van der Waals surface area contributed by atoms with Crippen LogP contribution in [-0.2, 0) is 4.79 Å². The van der Waals surface area contributed by atoms with Gasteiger partial charge in [-0.2, -0.15) is 5.10 Å². The Morgan fingerprint density at radius 3 is 2.61 bits per heavy atom. The van der Waals surface area contributed by atoms with Gasteiger partial charge in [0.1, 0.15) is 0 Å². The molecule has 0 aliphatic rings. The Kier molecular flexibility index (Phi) is 6.11. The summed E-state index contributed by atoms with van der Waals surface area (Å²) >= 11 is 0. The summed E-state index contributed by atoms with van der Waals surface area (Å²) in [5.74, 6) is 1.51. The molecular weight excluding hydrogens is 354 g/mol. The number of hydrogen-bond donors (Lipinski definition) is 1. The van der Waals surface area contributed by atoms with E-state index in [9.17, 15) is 4.79 Å². The van der Waals surface area contributed by atoms with Crippen LogP contribution in [0.15, 0.2) is 66.9 Å². The molecule has 0 spiro atoms. The number of carbonyl (C=O) groups is 1. The highest BCUT2D eigenvalue weighted by Crippen LogP contribution is 2.29. The maximum Gasteiger partial charge on any atom is 0.249 e. The van der Waals surface area contributed by atoms with Gasteiger partial charge in [0, 0.05) is 18.3 Å². The van der Waals surface area contributed by atoms with Crippen LogP contribution in [-0.4, -0.2) is 28.9 Å². The van der Waals surface area contributed by atoms with Crippen molar-refractivity contribution in [3.8, 4) is 17.2 Å². The number of ether oxygens (including phenoxy) is 2. The number of amides is 1. The molecule has 0 fully saturated rings. The lowest BCUT2D eigenvalue weighted by molar-refractivity contribution is -0.111. The molecule has 1 amide bonds. The first-order valence-electron chi connectivity index (χ1n) is 9.00. The van der Waals surface area contributed by atoms with Crippen molar-refractivity contribution in [3.63, 3.8) is 0 Å². The molecule has 28 heavy (non-hydrogen) atoms. The van der Waals surface area contributed by atoms with E-state index in [1.54, 1.807) is 30.1 Å². The fourth-order valence-electron chi connectivity index (χ4n) is 2.59. The van der Waals surface area contributed by atoms with Crippen molar-refractivity contribution in [2.24, 2.45) is 0 Å². The van der Waals surface area contributed by atoms with E-state index in [1.807, 2.05) is 62.4 Å². The van der Waals surface area contributed by atoms with Gasteiger partial charge < -0.3 is 14.8 Å². The van der Waals surface area contributed by atoms with Crippen LogP contribution in [0.5, 0.6) is 11.5 Å². The molecule has 0 bridgehead atoms. The van der Waals surface area contributed by atoms with Crippen LogP contribution in [0.1, 0.15) is 19.4 Å². The summed E-state index contributed by atoms with van der Waals surface area (Å²) in [7, 11) is 1.59. The molecule has 0 aliphatic heterocycles. The number of nitrogens with zero attached hydrogens (tertiary/aromatic N) is 2. The molecule has 6 nitrogen and oxygen atoms in total. The Morgan fingerprint density at radius 2 is 1.89 bits per heavy atom. The summed E-state index contributed by atoms with van der Waals surface area (Å²) in [4.78, 5) is 12.2. The van der Waals surface area contributed by atoms with Gasteiger partial charge in [-0.1, -0.05) is 24.3 Å². The molecule has 1 aromatic heterocycles. The van der Waals surface area contributed by atoms with E-state index in [0.717, 1.165) is 11.3 Å². The number of anilines is 1. The van der Waals surface area contributed by atoms with Crippen LogP contribution in [0.3, 0.4) is 0 Å². The first kappa shape index (κ1) is 19.2. The third-order valence-corrected chi connectivity index (χ3v) is 3.84. The van der Waals surface area contributed by atoms with Crippen molar-refractivity contribution in [2.45, 2.75) is 20.0 Å². The molecule has 2 aromatic carbocycles. The Hall–Kier alpha value is -3.54. The number of methoxy groups -OCH3 is 1. The van der Waals surface area contributed by atoms with Crippen molar-refractivity contribution < 1.29 is 14.3 Å². The van der Waals surface area contributed by atoms with Gasteiger partial charge in [0.15, 0.2) is 17.3 Å². The Morgan fingerprint density at radius 1 is 1.11 bits per heavy atom. The van der Waals surface area contributed by atoms with Gasteiger partial charge in [0.25, 0.3) is 0 Å². The molecule has 0 saturated carbocycles. The summed E-state index contributed by atoms with van der Waals surface area (Å²) in [6, 6.07) is 17.0. The quantitative estimate of drug-likeness (QED) is 0.623. The van der Waals surface area contributed by atoms with Gasteiger partial charge in [-0.3, -0.25) is 4.79 Å². The Balaban J connectivity index is 1.65. The van der Waals surface area contributed by atoms with E-state index in [0.29, 0.717) is 17.3 Å². The summed E-state index contributed by atoms with van der Waals surface area (Å²) < 4.78 is 12.8. The van der Waals surface area contributed by atoms with Crippen molar-refractivity contribution in [3.05, 3.63) is 72.4 Å². The van der Waals surface area contributed by atoms with Gasteiger partial charge in [-0.05, 0) is 49.8 Å². The van der Waals surface area contributed by atoms with Crippen LogP contribution in [0, 0.1) is 0 Å². The minimum atomic E-state index is -0.264. The van der Waals surface area contributed by atoms with E-state index in [2.05, 4.69) is 10.4 Å². The van der Waals surface area contributed by atoms with E-state index in [4.69, 9.17) is 9.47 Å². The Labute approximate surface area is 164 Å². The number of para-hydroxylation sites is 1. The molecule has 0 atom stereocenters. The minimum Gasteiger partial charge on any atom is -0.493 e. The fourth-order valence-corrected chi connectivity index (χ4v) is 2.59. The molecule has 0 saturated heterocycles. The zero-order valence-electron chi connectivity index (χ0n) is 16.1. The molecule has 0 radical (unpaired) electrons. The van der Waals surface area contributed by atoms with Gasteiger partial charge in [0.05, 0.1) is 18.9 Å². The second-order valence-electron chi connectivity index (χ2n) is 6.38. The molecular formula is C22H23N3O3. The summed E-state index contributed by atoms with van der Waals surface area (Å²) in [5, 5.41) is 7.11. The molecule has 1 heterocycles. The monoisotopic (exact) mass is 377 g/mol. The normalized spacial score (nSPS) is 11.0. The van der Waals surface area contributed by atoms with Gasteiger partial charge >= 0.3 is 0 Å². The van der Waals surface area contributed by atoms with E-state index in [-0.39, 0.29) is 12.0 Å². The van der Waals surface area contributed by atoms with Crippen molar-refractivity contribution in [1.29, 1.82) is 0 Å². The largest absolute Gasteiger partial charge is 0.493 e. The van der Waals surface area contributed by atoms with Gasteiger partial charge in [0.2, 0.25) is 5.91 Å². The topological polar surface area (TPSA) is 65.4 Å². The number of nitrogens with one attached hydrogen (secondary N) is 1. The van der Waals surface area contributed by atoms with Crippen molar-refractivity contribution in [1.82, 2.24) is 9.78 Å². The lowest BCUT2D eigenvalue weighted by Gasteiger charge is -2.13. The molecule has 0 unspecified atom stereocenters. The number of hydrogen-bond acceptors (Lipinski definition) is 4. The highest BCUT2D eigenvalue weighted by molar-refractivity contribution is 6.01. The van der Waals surface area contributed by atoms with E-state index >= 15 is 0 Å². The number of rotatable bonds is 7. The molecule has 1 N–H and O–H groups in total. The summed E-state index contributed by atoms with van der Waals surface area (Å²) in [6.07, 6.45) is 5.02. The van der Waals surface area contributed by atoms with E-state index < -0.39 is 0 Å². The zero-order chi connectivity index (χ0) is 19.9. The summed E-state index contributed by atoms with van der Waals surface area (Å²) in [6.45, 7) is 3.91. The lowest BCUT2D eigenvalue weighted by atomic mass is 10.2. The van der Waals surface area contributed by atoms with Crippen LogP contribution >= 0.6 is 0 Å². The Bertz CT molecular complexity index is 962. The third kappa shape index (κ3) is 5.01. The lowest BCUT2D eigenvalue weighted by Crippen LogP contribution is -2.09. The number of carbonyl (C=O) groups excluding carboxylic acids is 1. The van der Waals surface area contributed by atoms with E-state index in [1.165, 1.54) is 6.08 Å². The van der Waals surface area contributed by atoms with Gasteiger partial charge in [-0.15, -0.1) is 0 Å². The SMILES string of the molecule is COc1cc(/C=C/C(=O)Nc2ccn(-c3ccccc3)n2)ccc1OC(C)C. The minimum absolute atomic E-state index is 0.0526. The van der Waals surface area contributed by atoms with Crippen LogP contribution in [0.4, 0.5) is 5.82 Å². The zero-order valence-corrected chi connectivity index (χ0v) is 16.1. The maximum atomic E-state index is 12.2. The highest BCUT2D eigenvalue weighted by atomic mass is 16.5. The van der Waals surface area contributed by atoms with Crippen LogP contribution in [0.25, 0.3) is 11.8 Å². The second kappa shape index (κ2) is 8.90. The average Bonchev–Trinajstić information content (AvgIpc) is 3.16. The average molecular weight is 377 g/mol. The fraction of sp³-hybridized carbons (Fsp3) is 0.182. The third-order valence-electron chi connectivity index (χ3n) is 3.84. The smallest absolute Gasteiger partial charge is 0.249 e. The second-order valence-corrected chi connectivity index (χ2v) is 6.38. The van der Waals surface area contributed by atoms with Crippen LogP contribution in [0.2, 0.25) is 0 Å². The maximum absolute atomic E-state index is 12.2. The highest BCUT2D eigenvalue weighted by Gasteiger charge is 2.07. The first-order valence-corrected chi connectivity index (χ1v) is 9.00. The number of aromatic nitrogens is 2. The molecule has 144 valence electrons. The number of benzene rings is 2. The van der Waals surface area contributed by atoms with Crippen LogP contribution < -0.4 is 14.8 Å². The first-order chi connectivity index (χ1) is 13.5. The predicted octanol–water partition coefficient (Wildman–Crippen LogP) is 4.32. The van der Waals surface area contributed by atoms with Crippen molar-refractivity contribution >= 4 is 17.8 Å². The summed E-state index contributed by atoms with van der Waals surface area (Å²) in [5.41, 5.74) is 1.76. The van der Waals surface area contributed by atoms with Crippen molar-refractivity contribution in [2.75, 3.05) is 12.4 Å².